The van der Waals surface area contributed by atoms with Crippen LogP contribution in [-0.4, -0.2) is 47.5 Å². The van der Waals surface area contributed by atoms with Gasteiger partial charge in [0.1, 0.15) is 0 Å². The molecule has 1 aromatic rings. The van der Waals surface area contributed by atoms with Crippen LogP contribution in [0.15, 0.2) is 24.3 Å². The van der Waals surface area contributed by atoms with Crippen LogP contribution in [0.3, 0.4) is 0 Å². The summed E-state index contributed by atoms with van der Waals surface area (Å²) in [7, 11) is 3.23. The highest BCUT2D eigenvalue weighted by Gasteiger charge is 2.15. The van der Waals surface area contributed by atoms with E-state index in [-0.39, 0.29) is 19.0 Å². The van der Waals surface area contributed by atoms with Crippen molar-refractivity contribution in [3.8, 4) is 0 Å². The zero-order chi connectivity index (χ0) is 14.4. The molecule has 0 aromatic heterocycles. The lowest BCUT2D eigenvalue weighted by molar-refractivity contribution is -0.137. The monoisotopic (exact) mass is 284 g/mol. The first kappa shape index (κ1) is 15.3. The number of benzene rings is 1. The Morgan fingerprint density at radius 2 is 1.84 bits per heavy atom. The summed E-state index contributed by atoms with van der Waals surface area (Å²) < 4.78 is 0. The molecule has 1 rings (SSSR count). The number of carboxylic acids is 1. The van der Waals surface area contributed by atoms with Crippen molar-refractivity contribution in [2.24, 2.45) is 0 Å². The molecule has 0 spiro atoms. The van der Waals surface area contributed by atoms with Crippen molar-refractivity contribution in [1.29, 1.82) is 0 Å². The van der Waals surface area contributed by atoms with Crippen molar-refractivity contribution in [1.82, 2.24) is 9.80 Å². The average Bonchev–Trinajstić information content (AvgIpc) is 2.37. The first-order chi connectivity index (χ1) is 8.91. The zero-order valence-electron chi connectivity index (χ0n) is 11.0. The lowest BCUT2D eigenvalue weighted by Gasteiger charge is -2.24. The summed E-state index contributed by atoms with van der Waals surface area (Å²) in [6.45, 7) is 0.566. The first-order valence-electron chi connectivity index (χ1n) is 5.83. The molecule has 1 aromatic carbocycles. The molecule has 0 fully saturated rings. The molecule has 0 heterocycles. The number of hydrogen-bond donors (Lipinski definition) is 1. The number of amides is 2. The number of rotatable bonds is 5. The Kier molecular flexibility index (Phi) is 5.63. The fraction of sp³-hybridized carbons (Fsp3) is 0.385. The highest BCUT2D eigenvalue weighted by Crippen LogP contribution is 2.16. The molecule has 0 saturated heterocycles. The van der Waals surface area contributed by atoms with Gasteiger partial charge in [0.2, 0.25) is 0 Å². The largest absolute Gasteiger partial charge is 0.481 e. The van der Waals surface area contributed by atoms with E-state index in [0.29, 0.717) is 11.6 Å². The van der Waals surface area contributed by atoms with Gasteiger partial charge in [0.15, 0.2) is 0 Å². The van der Waals surface area contributed by atoms with Gasteiger partial charge in [-0.05, 0) is 11.6 Å². The number of hydrogen-bond acceptors (Lipinski definition) is 2. The van der Waals surface area contributed by atoms with Crippen LogP contribution in [0, 0.1) is 0 Å². The highest BCUT2D eigenvalue weighted by atomic mass is 35.5. The number of urea groups is 1. The molecule has 0 aliphatic rings. The van der Waals surface area contributed by atoms with Crippen LogP contribution < -0.4 is 0 Å². The van der Waals surface area contributed by atoms with Gasteiger partial charge in [-0.25, -0.2) is 4.79 Å². The van der Waals surface area contributed by atoms with Gasteiger partial charge in [-0.15, -0.1) is 0 Å². The lowest BCUT2D eigenvalue weighted by atomic mass is 10.2. The third-order valence-electron chi connectivity index (χ3n) is 2.68. The number of carboxylic acid groups (broad SMARTS) is 1. The van der Waals surface area contributed by atoms with Gasteiger partial charge in [-0.3, -0.25) is 4.79 Å². The maximum absolute atomic E-state index is 12.0. The van der Waals surface area contributed by atoms with Crippen LogP contribution in [0.2, 0.25) is 5.02 Å². The van der Waals surface area contributed by atoms with Gasteiger partial charge in [0.25, 0.3) is 0 Å². The van der Waals surface area contributed by atoms with E-state index in [9.17, 15) is 9.59 Å². The van der Waals surface area contributed by atoms with Gasteiger partial charge in [-0.1, -0.05) is 29.8 Å². The van der Waals surface area contributed by atoms with E-state index < -0.39 is 5.97 Å². The van der Waals surface area contributed by atoms with Crippen molar-refractivity contribution in [2.75, 3.05) is 20.6 Å². The molecule has 0 unspecified atom stereocenters. The minimum Gasteiger partial charge on any atom is -0.481 e. The van der Waals surface area contributed by atoms with Crippen LogP contribution in [-0.2, 0) is 11.3 Å². The summed E-state index contributed by atoms with van der Waals surface area (Å²) in [6, 6.07) is 7.06. The molecule has 0 saturated carbocycles. The molecule has 1 N–H and O–H groups in total. The Morgan fingerprint density at radius 3 is 2.42 bits per heavy atom. The van der Waals surface area contributed by atoms with Crippen LogP contribution in [0.25, 0.3) is 0 Å². The Balaban J connectivity index is 2.57. The van der Waals surface area contributed by atoms with E-state index in [1.807, 2.05) is 18.2 Å². The second kappa shape index (κ2) is 6.99. The summed E-state index contributed by atoms with van der Waals surface area (Å²) in [5, 5.41) is 9.19. The molecule has 2 amide bonds. The molecule has 5 nitrogen and oxygen atoms in total. The summed E-state index contributed by atoms with van der Waals surface area (Å²) in [4.78, 5) is 25.3. The van der Waals surface area contributed by atoms with Gasteiger partial charge in [-0.2, -0.15) is 0 Å². The van der Waals surface area contributed by atoms with Crippen LogP contribution in [0.4, 0.5) is 4.79 Å². The number of carbonyl (C=O) groups excluding carboxylic acids is 1. The molecular weight excluding hydrogens is 268 g/mol. The summed E-state index contributed by atoms with van der Waals surface area (Å²) >= 11 is 6.03. The second-order valence-corrected chi connectivity index (χ2v) is 4.70. The van der Waals surface area contributed by atoms with E-state index >= 15 is 0 Å². The quantitative estimate of drug-likeness (QED) is 0.902. The SMILES string of the molecule is CN(CCC(=O)O)C(=O)N(C)Cc1ccccc1Cl. The van der Waals surface area contributed by atoms with Gasteiger partial charge >= 0.3 is 12.0 Å². The fourth-order valence-corrected chi connectivity index (χ4v) is 1.80. The zero-order valence-corrected chi connectivity index (χ0v) is 11.7. The normalized spacial score (nSPS) is 10.1. The van der Waals surface area contributed by atoms with Gasteiger partial charge in [0.05, 0.1) is 6.42 Å². The Labute approximate surface area is 117 Å². The molecule has 0 atom stereocenters. The van der Waals surface area contributed by atoms with E-state index in [4.69, 9.17) is 16.7 Å². The molecule has 19 heavy (non-hydrogen) atoms. The number of carbonyl (C=O) groups is 2. The predicted molar refractivity (Wildman–Crippen MR) is 73.2 cm³/mol. The topological polar surface area (TPSA) is 60.9 Å². The van der Waals surface area contributed by atoms with E-state index in [0.717, 1.165) is 5.56 Å². The number of aliphatic carboxylic acids is 1. The van der Waals surface area contributed by atoms with E-state index in [1.165, 1.54) is 9.80 Å². The Morgan fingerprint density at radius 1 is 1.21 bits per heavy atom. The Hall–Kier alpha value is -1.75. The van der Waals surface area contributed by atoms with Crippen molar-refractivity contribution >= 4 is 23.6 Å². The highest BCUT2D eigenvalue weighted by molar-refractivity contribution is 6.31. The van der Waals surface area contributed by atoms with Gasteiger partial charge < -0.3 is 14.9 Å². The maximum Gasteiger partial charge on any atom is 0.319 e. The van der Waals surface area contributed by atoms with Crippen LogP contribution in [0.5, 0.6) is 0 Å². The van der Waals surface area contributed by atoms with E-state index in [2.05, 4.69) is 0 Å². The smallest absolute Gasteiger partial charge is 0.319 e. The second-order valence-electron chi connectivity index (χ2n) is 4.30. The minimum atomic E-state index is -0.923. The molecule has 104 valence electrons. The van der Waals surface area contributed by atoms with Crippen molar-refractivity contribution in [3.05, 3.63) is 34.9 Å². The first-order valence-corrected chi connectivity index (χ1v) is 6.21. The van der Waals surface area contributed by atoms with Gasteiger partial charge in [0, 0.05) is 32.2 Å². The summed E-state index contributed by atoms with van der Waals surface area (Å²) in [5.74, 6) is -0.923. The number of halogens is 1. The molecular formula is C13H17ClN2O3. The van der Waals surface area contributed by atoms with Crippen LogP contribution in [0.1, 0.15) is 12.0 Å². The molecule has 0 radical (unpaired) electrons. The summed E-state index contributed by atoms with van der Waals surface area (Å²) in [5.41, 5.74) is 0.853. The molecule has 0 bridgehead atoms. The maximum atomic E-state index is 12.0. The molecule has 6 heteroatoms. The van der Waals surface area contributed by atoms with Crippen molar-refractivity contribution in [2.45, 2.75) is 13.0 Å². The third kappa shape index (κ3) is 4.79. The van der Waals surface area contributed by atoms with Crippen molar-refractivity contribution < 1.29 is 14.7 Å². The minimum absolute atomic E-state index is 0.0673. The molecule has 0 aliphatic heterocycles. The molecule has 0 aliphatic carbocycles. The summed E-state index contributed by atoms with van der Waals surface area (Å²) in [6.07, 6.45) is -0.0673. The third-order valence-corrected chi connectivity index (χ3v) is 3.05. The van der Waals surface area contributed by atoms with E-state index in [1.54, 1.807) is 20.2 Å². The lowest BCUT2D eigenvalue weighted by Crippen LogP contribution is -2.39. The van der Waals surface area contributed by atoms with Crippen LogP contribution >= 0.6 is 11.6 Å². The average molecular weight is 285 g/mol. The fourth-order valence-electron chi connectivity index (χ4n) is 1.60. The number of nitrogens with zero attached hydrogens (tertiary/aromatic N) is 2. The standard InChI is InChI=1S/C13H17ClN2O3/c1-15(8-7-12(17)18)13(19)16(2)9-10-5-3-4-6-11(10)14/h3-6H,7-9H2,1-2H3,(H,17,18). The predicted octanol–water partition coefficient (Wildman–Crippen LogP) is 2.30. The van der Waals surface area contributed by atoms with Crippen molar-refractivity contribution in [3.63, 3.8) is 0 Å². The Bertz CT molecular complexity index is 465.